The van der Waals surface area contributed by atoms with Gasteiger partial charge < -0.3 is 10.1 Å². The molecule has 0 heterocycles. The van der Waals surface area contributed by atoms with E-state index >= 15 is 0 Å². The molecule has 26 heavy (non-hydrogen) atoms. The summed E-state index contributed by atoms with van der Waals surface area (Å²) >= 11 is 1.57. The molecule has 132 valence electrons. The third kappa shape index (κ3) is 3.89. The molecule has 3 rings (SSSR count). The number of esters is 1. The highest BCUT2D eigenvalue weighted by Gasteiger charge is 2.14. The van der Waals surface area contributed by atoms with Crippen molar-refractivity contribution in [2.45, 2.75) is 23.3 Å². The number of carbonyl (C=O) groups is 2. The molecular formula is C21H19NO3S. The Hall–Kier alpha value is -2.79. The van der Waals surface area contributed by atoms with Crippen LogP contribution in [0.3, 0.4) is 0 Å². The van der Waals surface area contributed by atoms with Crippen LogP contribution in [0.4, 0.5) is 0 Å². The van der Waals surface area contributed by atoms with E-state index in [1.165, 1.54) is 6.92 Å². The maximum Gasteiger partial charge on any atom is 0.302 e. The van der Waals surface area contributed by atoms with Crippen molar-refractivity contribution < 1.29 is 14.3 Å². The predicted octanol–water partition coefficient (Wildman–Crippen LogP) is 4.41. The van der Waals surface area contributed by atoms with Crippen LogP contribution in [0.1, 0.15) is 22.8 Å². The number of rotatable bonds is 5. The molecular weight excluding hydrogens is 346 g/mol. The van der Waals surface area contributed by atoms with Crippen molar-refractivity contribution >= 4 is 34.4 Å². The van der Waals surface area contributed by atoms with Crippen LogP contribution in [0, 0.1) is 0 Å². The Bertz CT molecular complexity index is 963. The van der Waals surface area contributed by atoms with Crippen LogP contribution in [-0.2, 0) is 16.1 Å². The summed E-state index contributed by atoms with van der Waals surface area (Å²) < 4.78 is 5.16. The standard InChI is InChI=1S/C21H19NO3S/c1-14(23)25-13-16-7-3-4-11-18(16)26-19-12-6-9-15-8-5-10-17(20(15)19)21(24)22-2/h3-12H,13H2,1-2H3,(H,22,24). The molecule has 0 aliphatic rings. The van der Waals surface area contributed by atoms with Gasteiger partial charge in [-0.2, -0.15) is 0 Å². The number of amides is 1. The van der Waals surface area contributed by atoms with Crippen LogP contribution in [0.5, 0.6) is 0 Å². The third-order valence-corrected chi connectivity index (χ3v) is 5.14. The van der Waals surface area contributed by atoms with E-state index in [0.29, 0.717) is 5.56 Å². The molecule has 5 heteroatoms. The molecule has 0 radical (unpaired) electrons. The van der Waals surface area contributed by atoms with E-state index in [4.69, 9.17) is 4.74 Å². The van der Waals surface area contributed by atoms with Crippen molar-refractivity contribution in [3.63, 3.8) is 0 Å². The van der Waals surface area contributed by atoms with E-state index < -0.39 is 0 Å². The lowest BCUT2D eigenvalue weighted by atomic mass is 10.0. The smallest absolute Gasteiger partial charge is 0.302 e. The molecule has 0 saturated heterocycles. The van der Waals surface area contributed by atoms with Gasteiger partial charge in [0, 0.05) is 40.3 Å². The van der Waals surface area contributed by atoms with Gasteiger partial charge in [0.15, 0.2) is 0 Å². The van der Waals surface area contributed by atoms with Crippen molar-refractivity contribution in [1.82, 2.24) is 5.32 Å². The van der Waals surface area contributed by atoms with E-state index in [1.54, 1.807) is 18.8 Å². The first-order valence-corrected chi connectivity index (χ1v) is 9.04. The highest BCUT2D eigenvalue weighted by molar-refractivity contribution is 7.99. The first-order chi connectivity index (χ1) is 12.6. The normalized spacial score (nSPS) is 10.5. The van der Waals surface area contributed by atoms with Gasteiger partial charge in [-0.3, -0.25) is 9.59 Å². The second-order valence-corrected chi connectivity index (χ2v) is 6.81. The SMILES string of the molecule is CNC(=O)c1cccc2cccc(Sc3ccccc3COC(C)=O)c12. The summed E-state index contributed by atoms with van der Waals surface area (Å²) in [5.41, 5.74) is 1.58. The molecule has 0 bridgehead atoms. The van der Waals surface area contributed by atoms with Gasteiger partial charge in [-0.1, -0.05) is 54.2 Å². The average molecular weight is 365 g/mol. The van der Waals surface area contributed by atoms with Crippen LogP contribution in [-0.4, -0.2) is 18.9 Å². The largest absolute Gasteiger partial charge is 0.461 e. The molecule has 4 nitrogen and oxygen atoms in total. The number of hydrogen-bond donors (Lipinski definition) is 1. The summed E-state index contributed by atoms with van der Waals surface area (Å²) in [5, 5.41) is 4.63. The Morgan fingerprint density at radius 2 is 1.65 bits per heavy atom. The Morgan fingerprint density at radius 1 is 0.962 bits per heavy atom. The second kappa shape index (κ2) is 8.06. The zero-order valence-corrected chi connectivity index (χ0v) is 15.4. The molecule has 0 atom stereocenters. The fraction of sp³-hybridized carbons (Fsp3) is 0.143. The first-order valence-electron chi connectivity index (χ1n) is 8.23. The Kier molecular flexibility index (Phi) is 5.58. The minimum atomic E-state index is -0.308. The molecule has 0 fully saturated rings. The molecule has 3 aromatic rings. The van der Waals surface area contributed by atoms with Crippen LogP contribution in [0.25, 0.3) is 10.8 Å². The minimum Gasteiger partial charge on any atom is -0.461 e. The molecule has 0 unspecified atom stereocenters. The number of benzene rings is 3. The van der Waals surface area contributed by atoms with Gasteiger partial charge in [-0.15, -0.1) is 0 Å². The number of carbonyl (C=O) groups excluding carboxylic acids is 2. The lowest BCUT2D eigenvalue weighted by Gasteiger charge is -2.13. The molecule has 0 saturated carbocycles. The van der Waals surface area contributed by atoms with Gasteiger partial charge >= 0.3 is 5.97 Å². The van der Waals surface area contributed by atoms with E-state index in [0.717, 1.165) is 26.1 Å². The van der Waals surface area contributed by atoms with Crippen LogP contribution >= 0.6 is 11.8 Å². The lowest BCUT2D eigenvalue weighted by molar-refractivity contribution is -0.142. The van der Waals surface area contributed by atoms with Crippen molar-refractivity contribution in [1.29, 1.82) is 0 Å². The summed E-state index contributed by atoms with van der Waals surface area (Å²) in [4.78, 5) is 25.4. The first kappa shape index (κ1) is 18.0. The number of ether oxygens (including phenoxy) is 1. The van der Waals surface area contributed by atoms with Crippen molar-refractivity contribution in [3.8, 4) is 0 Å². The Morgan fingerprint density at radius 3 is 2.38 bits per heavy atom. The summed E-state index contributed by atoms with van der Waals surface area (Å²) in [6.07, 6.45) is 0. The van der Waals surface area contributed by atoms with Crippen LogP contribution in [0.15, 0.2) is 70.5 Å². The predicted molar refractivity (Wildman–Crippen MR) is 103 cm³/mol. The zero-order chi connectivity index (χ0) is 18.5. The topological polar surface area (TPSA) is 55.4 Å². The summed E-state index contributed by atoms with van der Waals surface area (Å²) in [7, 11) is 1.63. The fourth-order valence-electron chi connectivity index (χ4n) is 2.74. The maximum atomic E-state index is 12.3. The molecule has 0 aliphatic carbocycles. The summed E-state index contributed by atoms with van der Waals surface area (Å²) in [6.45, 7) is 1.63. The van der Waals surface area contributed by atoms with Crippen molar-refractivity contribution in [2.75, 3.05) is 7.05 Å². The van der Waals surface area contributed by atoms with Gasteiger partial charge in [-0.25, -0.2) is 0 Å². The Labute approximate surface area is 156 Å². The molecule has 3 aromatic carbocycles. The van der Waals surface area contributed by atoms with E-state index in [1.807, 2.05) is 60.7 Å². The van der Waals surface area contributed by atoms with Crippen LogP contribution in [0.2, 0.25) is 0 Å². The number of fused-ring (bicyclic) bond motifs is 1. The highest BCUT2D eigenvalue weighted by atomic mass is 32.2. The van der Waals surface area contributed by atoms with E-state index in [-0.39, 0.29) is 18.5 Å². The zero-order valence-electron chi connectivity index (χ0n) is 14.6. The fourth-order valence-corrected chi connectivity index (χ4v) is 3.85. The monoisotopic (exact) mass is 365 g/mol. The summed E-state index contributed by atoms with van der Waals surface area (Å²) in [5.74, 6) is -0.422. The van der Waals surface area contributed by atoms with E-state index in [2.05, 4.69) is 5.32 Å². The third-order valence-electron chi connectivity index (χ3n) is 3.96. The van der Waals surface area contributed by atoms with Gasteiger partial charge in [0.25, 0.3) is 5.91 Å². The Balaban J connectivity index is 2.05. The molecule has 0 spiro atoms. The van der Waals surface area contributed by atoms with Gasteiger partial charge in [0.2, 0.25) is 0 Å². The second-order valence-electron chi connectivity index (χ2n) is 5.73. The quantitative estimate of drug-likeness (QED) is 0.680. The molecule has 1 N–H and O–H groups in total. The molecule has 0 aromatic heterocycles. The average Bonchev–Trinajstić information content (AvgIpc) is 2.66. The van der Waals surface area contributed by atoms with Crippen molar-refractivity contribution in [3.05, 3.63) is 71.8 Å². The van der Waals surface area contributed by atoms with Gasteiger partial charge in [0.05, 0.1) is 0 Å². The van der Waals surface area contributed by atoms with E-state index in [9.17, 15) is 9.59 Å². The number of hydrogen-bond acceptors (Lipinski definition) is 4. The van der Waals surface area contributed by atoms with Gasteiger partial charge in [0.1, 0.15) is 6.61 Å². The molecule has 1 amide bonds. The van der Waals surface area contributed by atoms with Gasteiger partial charge in [-0.05, 0) is 23.6 Å². The number of nitrogens with one attached hydrogen (secondary N) is 1. The lowest BCUT2D eigenvalue weighted by Crippen LogP contribution is -2.18. The maximum absolute atomic E-state index is 12.3. The summed E-state index contributed by atoms with van der Waals surface area (Å²) in [6, 6.07) is 19.5. The minimum absolute atomic E-state index is 0.114. The van der Waals surface area contributed by atoms with Crippen molar-refractivity contribution in [2.24, 2.45) is 0 Å². The molecule has 0 aliphatic heterocycles. The highest BCUT2D eigenvalue weighted by Crippen LogP contribution is 2.37. The van der Waals surface area contributed by atoms with Crippen LogP contribution < -0.4 is 5.32 Å².